The minimum Gasteiger partial charge on any atom is -0.488 e. The number of imidazole rings is 2. The Balaban J connectivity index is 0.000000152. The van der Waals surface area contributed by atoms with Crippen molar-refractivity contribution in [1.82, 2.24) is 59.0 Å². The first-order valence-electron chi connectivity index (χ1n) is 27.3. The van der Waals surface area contributed by atoms with Gasteiger partial charge in [-0.2, -0.15) is 22.7 Å². The van der Waals surface area contributed by atoms with Gasteiger partial charge in [0.05, 0.1) is 51.9 Å². The summed E-state index contributed by atoms with van der Waals surface area (Å²) in [5, 5.41) is 7.95. The summed E-state index contributed by atoms with van der Waals surface area (Å²) in [5.74, 6) is 3.56. The Bertz CT molecular complexity index is 4880. The van der Waals surface area contributed by atoms with E-state index in [1.165, 1.54) is 28.5 Å². The van der Waals surface area contributed by atoms with Crippen LogP contribution < -0.4 is 0 Å². The average molecular weight is 2190 g/mol. The molecular formula is C68H47Ir5N12O4S4-5. The van der Waals surface area contributed by atoms with Crippen molar-refractivity contribution in [3.63, 3.8) is 0 Å². The zero-order valence-corrected chi connectivity index (χ0v) is 64.8. The van der Waals surface area contributed by atoms with Gasteiger partial charge in [-0.25, -0.2) is 4.98 Å². The molecule has 0 aliphatic heterocycles. The van der Waals surface area contributed by atoms with Crippen LogP contribution in [-0.4, -0.2) is 59.0 Å². The SMILES string of the molecule is Cc1cccc(C)c1-n1ccnc1-c1[c-]ccc2nc(-c3ccccc3)n(C)c12.Cc1nc2c(-c3ncco3)[c-]ccc2s1.Cc1nc2c(-c3nccs3)[c-]ccc2o1.Cc1nc2c(-c3nccs3)[c-]ccc2s1.[Ir].[Ir].[Ir].[Ir].[Ir].[c-]1ccc2ocnc2c1-c1ncco1. The first-order valence-corrected chi connectivity index (χ1v) is 30.7. The quantitative estimate of drug-likeness (QED) is 0.137. The molecule has 0 N–H and O–H groups in total. The number of hydrogen-bond acceptors (Lipinski definition) is 18. The summed E-state index contributed by atoms with van der Waals surface area (Å²) in [6.45, 7) is 10.1. The van der Waals surface area contributed by atoms with Gasteiger partial charge in [0, 0.05) is 199 Å². The van der Waals surface area contributed by atoms with Gasteiger partial charge in [0.15, 0.2) is 12.3 Å². The van der Waals surface area contributed by atoms with Gasteiger partial charge in [-0.15, -0.1) is 102 Å². The summed E-state index contributed by atoms with van der Waals surface area (Å²) in [6.07, 6.45) is 15.1. The van der Waals surface area contributed by atoms with E-state index in [-0.39, 0.29) is 101 Å². The van der Waals surface area contributed by atoms with E-state index < -0.39 is 0 Å². The third-order valence-corrected chi connectivity index (χ3v) is 17.1. The number of fused-ring (bicyclic) bond motifs is 5. The van der Waals surface area contributed by atoms with Crippen molar-refractivity contribution in [2.24, 2.45) is 7.05 Å². The molecule has 0 aliphatic carbocycles. The van der Waals surface area contributed by atoms with Gasteiger partial charge in [-0.3, -0.25) is 44.9 Å². The molecule has 0 bridgehead atoms. The van der Waals surface area contributed by atoms with E-state index in [0.717, 1.165) is 114 Å². The molecule has 0 amide bonds. The van der Waals surface area contributed by atoms with Crippen molar-refractivity contribution < 1.29 is 118 Å². The number of hydrogen-bond donors (Lipinski definition) is 0. The molecule has 0 atom stereocenters. The van der Waals surface area contributed by atoms with Gasteiger partial charge in [-0.05, 0) is 53.7 Å². The Morgan fingerprint density at radius 1 is 0.452 bits per heavy atom. The maximum absolute atomic E-state index is 5.45. The topological polar surface area (TPSA) is 191 Å². The normalized spacial score (nSPS) is 10.5. The first-order chi connectivity index (χ1) is 43.1. The van der Waals surface area contributed by atoms with E-state index >= 15 is 0 Å². The molecule has 5 radical (unpaired) electrons. The smallest absolute Gasteiger partial charge is 0.180 e. The number of nitrogens with zero attached hydrogens (tertiary/aromatic N) is 12. The summed E-state index contributed by atoms with van der Waals surface area (Å²) < 4.78 is 27.7. The maximum Gasteiger partial charge on any atom is 0.180 e. The Kier molecular flexibility index (Phi) is 25.3. The van der Waals surface area contributed by atoms with Crippen molar-refractivity contribution in [3.8, 4) is 72.5 Å². The van der Waals surface area contributed by atoms with Crippen LogP contribution in [-0.2, 0) is 108 Å². The van der Waals surface area contributed by atoms with Crippen molar-refractivity contribution in [2.75, 3.05) is 0 Å². The van der Waals surface area contributed by atoms with Crippen molar-refractivity contribution in [2.45, 2.75) is 34.6 Å². The van der Waals surface area contributed by atoms with Crippen LogP contribution in [0.5, 0.6) is 0 Å². The van der Waals surface area contributed by atoms with Crippen LogP contribution in [0.4, 0.5) is 0 Å². The molecule has 477 valence electrons. The second-order valence-corrected chi connectivity index (χ2v) is 23.7. The van der Waals surface area contributed by atoms with E-state index in [1.807, 2.05) is 111 Å². The van der Waals surface area contributed by atoms with Crippen LogP contribution in [0.3, 0.4) is 0 Å². The summed E-state index contributed by atoms with van der Waals surface area (Å²) in [7, 11) is 2.06. The monoisotopic (exact) mass is 2190 g/mol. The van der Waals surface area contributed by atoms with Crippen molar-refractivity contribution >= 4 is 99.0 Å². The molecule has 0 fully saturated rings. The Hall–Kier alpha value is -7.13. The number of aromatic nitrogens is 12. The number of rotatable bonds is 7. The summed E-state index contributed by atoms with van der Waals surface area (Å²) >= 11 is 6.57. The Morgan fingerprint density at radius 3 is 1.59 bits per heavy atom. The second kappa shape index (κ2) is 32.8. The van der Waals surface area contributed by atoms with Gasteiger partial charge >= 0.3 is 0 Å². The predicted octanol–water partition coefficient (Wildman–Crippen LogP) is 17.4. The predicted molar refractivity (Wildman–Crippen MR) is 347 cm³/mol. The molecular weight excluding hydrogens is 2140 g/mol. The van der Waals surface area contributed by atoms with E-state index in [4.69, 9.17) is 27.6 Å². The van der Waals surface area contributed by atoms with Crippen LogP contribution in [0.2, 0.25) is 0 Å². The molecule has 10 aromatic heterocycles. The van der Waals surface area contributed by atoms with Crippen LogP contribution >= 0.6 is 45.3 Å². The van der Waals surface area contributed by atoms with E-state index in [1.54, 1.807) is 82.3 Å². The molecule has 0 saturated carbocycles. The molecule has 0 aliphatic rings. The average Bonchev–Trinajstić information content (AvgIpc) is 1.54. The molecule has 0 saturated heterocycles. The summed E-state index contributed by atoms with van der Waals surface area (Å²) in [6, 6.07) is 51.6. The minimum atomic E-state index is 0. The molecule has 7 aromatic carbocycles. The van der Waals surface area contributed by atoms with Gasteiger partial charge in [0.25, 0.3) is 0 Å². The van der Waals surface area contributed by atoms with Gasteiger partial charge < -0.3 is 26.8 Å². The van der Waals surface area contributed by atoms with Crippen LogP contribution in [0.25, 0.3) is 126 Å². The number of benzene rings is 7. The fourth-order valence-electron chi connectivity index (χ4n) is 9.96. The third-order valence-electron chi connectivity index (χ3n) is 13.7. The second-order valence-electron chi connectivity index (χ2n) is 19.5. The molecule has 93 heavy (non-hydrogen) atoms. The zero-order chi connectivity index (χ0) is 60.1. The van der Waals surface area contributed by atoms with Gasteiger partial charge in [-0.1, -0.05) is 88.5 Å². The molecule has 16 nitrogen and oxygen atoms in total. The molecule has 17 rings (SSSR count). The molecule has 0 spiro atoms. The van der Waals surface area contributed by atoms with Gasteiger partial charge in [0.2, 0.25) is 0 Å². The minimum absolute atomic E-state index is 0. The number of aryl methyl sites for hydroxylation is 6. The van der Waals surface area contributed by atoms with Crippen LogP contribution in [0.15, 0.2) is 194 Å². The maximum atomic E-state index is 5.45. The molecule has 25 heteroatoms. The zero-order valence-electron chi connectivity index (χ0n) is 49.5. The number of oxazole rings is 4. The van der Waals surface area contributed by atoms with E-state index in [0.29, 0.717) is 23.3 Å². The van der Waals surface area contributed by atoms with Gasteiger partial charge in [0.1, 0.15) is 17.6 Å². The molecule has 17 aromatic rings. The number of thiazole rings is 4. The largest absolute Gasteiger partial charge is 0.488 e. The summed E-state index contributed by atoms with van der Waals surface area (Å²) in [5.41, 5.74) is 16.1. The Morgan fingerprint density at radius 2 is 1.00 bits per heavy atom. The number of para-hydroxylation sites is 1. The van der Waals surface area contributed by atoms with Crippen molar-refractivity contribution in [3.05, 3.63) is 233 Å². The Labute approximate surface area is 617 Å². The molecule has 0 unspecified atom stereocenters. The standard InChI is InChI=1S/C25H21N4.2C11H7N2OS.C11H7N2S2.C10H5N2O2.5Ir/c1-17-9-7-10-18(2)22(17)29-16-15-26-25(29)20-13-8-14-21-23(20)28(3)24(27-21)19-11-5-4-6-12-19;1-7-13-10-8(11-12-5-6-15-11)3-2-4-9(10)14-7;2*1-7-13-10-8(11-12-5-6-14-11)3-2-4-9(10)15-7;1-2-7(10-11-4-5-13-10)9-8(3-1)14-6-12-9;;;;;/h4-12,14-16H,1-3H3;3*2,4-6H,1H3;1,3-6H;;;;;/q5*-1;;;;;. The summed E-state index contributed by atoms with van der Waals surface area (Å²) in [4.78, 5) is 43.7. The van der Waals surface area contributed by atoms with Crippen molar-refractivity contribution in [1.29, 1.82) is 0 Å². The van der Waals surface area contributed by atoms with E-state index in [2.05, 4.69) is 137 Å². The third kappa shape index (κ3) is 15.7. The van der Waals surface area contributed by atoms with Crippen LogP contribution in [0.1, 0.15) is 27.0 Å². The van der Waals surface area contributed by atoms with Crippen LogP contribution in [0, 0.1) is 65.0 Å². The molecule has 10 heterocycles. The fraction of sp³-hybridized carbons (Fsp3) is 0.0882. The first kappa shape index (κ1) is 71.7. The van der Waals surface area contributed by atoms with E-state index in [9.17, 15) is 0 Å². The fourth-order valence-corrected chi connectivity index (χ4v) is 12.9.